The van der Waals surface area contributed by atoms with E-state index in [1.54, 1.807) is 13.1 Å². The monoisotopic (exact) mass is 523 g/mol. The summed E-state index contributed by atoms with van der Waals surface area (Å²) in [6.45, 7) is 5.11. The highest BCUT2D eigenvalue weighted by atomic mass is 16.3. The molecule has 1 fully saturated rings. The molecule has 5 N–H and O–H groups in total. The Morgan fingerprint density at radius 1 is 1.24 bits per heavy atom. The first-order valence-electron chi connectivity index (χ1n) is 13.1. The van der Waals surface area contributed by atoms with Gasteiger partial charge < -0.3 is 31.3 Å². The number of likely N-dealkylation sites (N-methyl/N-ethyl adjacent to an activating group) is 2. The smallest absolute Gasteiger partial charge is 0.246 e. The van der Waals surface area contributed by atoms with E-state index < -0.39 is 6.23 Å². The molecule has 10 nitrogen and oxygen atoms in total. The molecule has 0 bridgehead atoms. The number of benzene rings is 1. The van der Waals surface area contributed by atoms with Crippen LogP contribution in [0.2, 0.25) is 0 Å². The highest BCUT2D eigenvalue weighted by molar-refractivity contribution is 5.91. The fraction of sp³-hybridized carbons (Fsp3) is 0.500. The minimum Gasteiger partial charge on any atom is -0.373 e. The molecular formula is C28H41N7O3. The van der Waals surface area contributed by atoms with Gasteiger partial charge in [0.25, 0.3) is 0 Å². The molecule has 10 heteroatoms. The zero-order valence-corrected chi connectivity index (χ0v) is 23.1. The van der Waals surface area contributed by atoms with Crippen LogP contribution in [0.5, 0.6) is 0 Å². The van der Waals surface area contributed by atoms with Crippen LogP contribution in [0.1, 0.15) is 67.4 Å². The number of rotatable bonds is 13. The molecule has 0 saturated heterocycles. The number of hydrogen-bond donors (Lipinski definition) is 4. The van der Waals surface area contributed by atoms with Gasteiger partial charge in [0.1, 0.15) is 11.9 Å². The zero-order valence-electron chi connectivity index (χ0n) is 23.1. The first-order valence-corrected chi connectivity index (χ1v) is 13.1. The van der Waals surface area contributed by atoms with Crippen molar-refractivity contribution in [1.29, 1.82) is 0 Å². The van der Waals surface area contributed by atoms with Gasteiger partial charge in [0.05, 0.1) is 17.9 Å². The largest absolute Gasteiger partial charge is 0.373 e. The zero-order chi connectivity index (χ0) is 27.8. The Bertz CT molecular complexity index is 1150. The Morgan fingerprint density at radius 3 is 2.61 bits per heavy atom. The van der Waals surface area contributed by atoms with Gasteiger partial charge in [-0.15, -0.1) is 0 Å². The number of nitrogens with two attached hydrogens (primary N) is 1. The van der Waals surface area contributed by atoms with Crippen LogP contribution in [0.4, 0.5) is 11.5 Å². The van der Waals surface area contributed by atoms with Crippen LogP contribution < -0.4 is 16.4 Å². The molecule has 206 valence electrons. The summed E-state index contributed by atoms with van der Waals surface area (Å²) in [5.74, 6) is 0.473. The summed E-state index contributed by atoms with van der Waals surface area (Å²) in [6, 6.07) is 7.82. The SMILES string of the molecule is CCc1nc(C(N)O)c(Nc2cccc([C@@H](C)CNC(=O)CN(C)C(=O)/C=C/CN(C)C)c2)nc1C1CC1. The summed E-state index contributed by atoms with van der Waals surface area (Å²) in [5.41, 5.74) is 9.80. The van der Waals surface area contributed by atoms with Gasteiger partial charge in [-0.2, -0.15) is 0 Å². The van der Waals surface area contributed by atoms with Crippen molar-refractivity contribution in [3.8, 4) is 0 Å². The number of hydrogen-bond acceptors (Lipinski definition) is 8. The molecule has 1 aromatic carbocycles. The molecule has 1 aliphatic rings. The van der Waals surface area contributed by atoms with Crippen molar-refractivity contribution < 1.29 is 14.7 Å². The van der Waals surface area contributed by atoms with E-state index >= 15 is 0 Å². The highest BCUT2D eigenvalue weighted by Gasteiger charge is 2.30. The molecule has 1 saturated carbocycles. The lowest BCUT2D eigenvalue weighted by molar-refractivity contribution is -0.131. The average Bonchev–Trinajstić information content (AvgIpc) is 3.72. The van der Waals surface area contributed by atoms with Crippen LogP contribution in [-0.4, -0.2) is 77.5 Å². The van der Waals surface area contributed by atoms with Crippen molar-refractivity contribution in [1.82, 2.24) is 25.1 Å². The number of aliphatic hydroxyl groups excluding tert-OH is 1. The lowest BCUT2D eigenvalue weighted by Gasteiger charge is -2.19. The number of aryl methyl sites for hydroxylation is 1. The number of aromatic nitrogens is 2. The Labute approximate surface area is 225 Å². The van der Waals surface area contributed by atoms with E-state index in [0.717, 1.165) is 41.9 Å². The Hall–Kier alpha value is -3.34. The number of aliphatic hydroxyl groups is 1. The first-order chi connectivity index (χ1) is 18.1. The van der Waals surface area contributed by atoms with Gasteiger partial charge in [-0.25, -0.2) is 9.97 Å². The van der Waals surface area contributed by atoms with E-state index in [0.29, 0.717) is 30.5 Å². The molecule has 1 aliphatic carbocycles. The van der Waals surface area contributed by atoms with E-state index in [9.17, 15) is 14.7 Å². The van der Waals surface area contributed by atoms with E-state index in [-0.39, 0.29) is 24.3 Å². The fourth-order valence-electron chi connectivity index (χ4n) is 4.03. The van der Waals surface area contributed by atoms with Crippen LogP contribution in [0.3, 0.4) is 0 Å². The standard InChI is InChI=1S/C28H41N7O3/c1-6-22-25(19-12-13-19)33-28(26(32-22)27(29)38)31-21-10-7-9-20(15-21)18(2)16-30-23(36)17-35(5)24(37)11-8-14-34(3)4/h7-11,15,18-19,27,38H,6,12-14,16-17,29H2,1-5H3,(H,30,36)(H,31,33)/b11-8+/t18-,27?/m0/s1. The Balaban J connectivity index is 1.62. The van der Waals surface area contributed by atoms with Gasteiger partial charge in [0.15, 0.2) is 5.82 Å². The third kappa shape index (κ3) is 8.34. The number of carbonyl (C=O) groups excluding carboxylic acids is 2. The van der Waals surface area contributed by atoms with Crippen molar-refractivity contribution in [2.75, 3.05) is 46.1 Å². The molecule has 1 unspecified atom stereocenters. The maximum atomic E-state index is 12.4. The van der Waals surface area contributed by atoms with Crippen molar-refractivity contribution in [3.63, 3.8) is 0 Å². The van der Waals surface area contributed by atoms with Crippen LogP contribution in [0.25, 0.3) is 0 Å². The van der Waals surface area contributed by atoms with E-state index in [1.807, 2.05) is 57.1 Å². The molecule has 3 rings (SSSR count). The fourth-order valence-corrected chi connectivity index (χ4v) is 4.03. The highest BCUT2D eigenvalue weighted by Crippen LogP contribution is 2.41. The maximum Gasteiger partial charge on any atom is 0.246 e. The first kappa shape index (κ1) is 29.2. The number of anilines is 2. The van der Waals surface area contributed by atoms with Crippen LogP contribution in [0.15, 0.2) is 36.4 Å². The van der Waals surface area contributed by atoms with Gasteiger partial charge >= 0.3 is 0 Å². The minimum atomic E-state index is -1.24. The van der Waals surface area contributed by atoms with Crippen LogP contribution in [-0.2, 0) is 16.0 Å². The second-order valence-electron chi connectivity index (χ2n) is 10.2. The predicted octanol–water partition coefficient (Wildman–Crippen LogP) is 2.41. The van der Waals surface area contributed by atoms with E-state index in [2.05, 4.69) is 15.6 Å². The number of carbonyl (C=O) groups is 2. The molecule has 0 aliphatic heterocycles. The second-order valence-corrected chi connectivity index (χ2v) is 10.2. The van der Waals surface area contributed by atoms with Crippen molar-refractivity contribution in [2.24, 2.45) is 5.73 Å². The molecule has 1 heterocycles. The van der Waals surface area contributed by atoms with Crippen molar-refractivity contribution in [2.45, 2.75) is 51.2 Å². The molecule has 0 radical (unpaired) electrons. The summed E-state index contributed by atoms with van der Waals surface area (Å²) in [5, 5.41) is 16.4. The Kier molecular flexibility index (Phi) is 10.3. The van der Waals surface area contributed by atoms with Crippen LogP contribution in [0, 0.1) is 0 Å². The van der Waals surface area contributed by atoms with Crippen LogP contribution >= 0.6 is 0 Å². The normalized spacial score (nSPS) is 14.9. The number of nitrogens with zero attached hydrogens (tertiary/aromatic N) is 4. The van der Waals surface area contributed by atoms with Crippen molar-refractivity contribution >= 4 is 23.3 Å². The lowest BCUT2D eigenvalue weighted by atomic mass is 10.0. The molecule has 2 amide bonds. The summed E-state index contributed by atoms with van der Waals surface area (Å²) >= 11 is 0. The molecular weight excluding hydrogens is 482 g/mol. The topological polar surface area (TPSA) is 137 Å². The summed E-state index contributed by atoms with van der Waals surface area (Å²) in [4.78, 5) is 37.4. The molecule has 1 aromatic heterocycles. The quantitative estimate of drug-likeness (QED) is 0.232. The van der Waals surface area contributed by atoms with Gasteiger partial charge in [0.2, 0.25) is 11.8 Å². The summed E-state index contributed by atoms with van der Waals surface area (Å²) < 4.78 is 0. The minimum absolute atomic E-state index is 0.0145. The molecule has 2 atom stereocenters. The number of amides is 2. The summed E-state index contributed by atoms with van der Waals surface area (Å²) in [7, 11) is 5.45. The maximum absolute atomic E-state index is 12.4. The molecule has 38 heavy (non-hydrogen) atoms. The van der Waals surface area contributed by atoms with Gasteiger partial charge in [0, 0.05) is 37.8 Å². The van der Waals surface area contributed by atoms with Crippen molar-refractivity contribution in [3.05, 3.63) is 59.1 Å². The van der Waals surface area contributed by atoms with Gasteiger partial charge in [-0.3, -0.25) is 9.59 Å². The van der Waals surface area contributed by atoms with Gasteiger partial charge in [-0.05, 0) is 57.0 Å². The third-order valence-electron chi connectivity index (χ3n) is 6.42. The van der Waals surface area contributed by atoms with E-state index in [4.69, 9.17) is 10.7 Å². The van der Waals surface area contributed by atoms with Gasteiger partial charge in [-0.1, -0.05) is 32.1 Å². The predicted molar refractivity (Wildman–Crippen MR) is 149 cm³/mol. The lowest BCUT2D eigenvalue weighted by Crippen LogP contribution is -2.39. The molecule has 2 aromatic rings. The third-order valence-corrected chi connectivity index (χ3v) is 6.42. The van der Waals surface area contributed by atoms with E-state index in [1.165, 1.54) is 11.0 Å². The Morgan fingerprint density at radius 2 is 1.97 bits per heavy atom. The second kappa shape index (κ2) is 13.5. The summed E-state index contributed by atoms with van der Waals surface area (Å²) in [6.07, 6.45) is 4.94. The number of nitrogens with one attached hydrogen (secondary N) is 2. The molecule has 0 spiro atoms. The average molecular weight is 524 g/mol.